The summed E-state index contributed by atoms with van der Waals surface area (Å²) in [5.41, 5.74) is 13.7. The summed E-state index contributed by atoms with van der Waals surface area (Å²) >= 11 is 0. The van der Waals surface area contributed by atoms with Crippen molar-refractivity contribution >= 4 is 0 Å². The lowest BCUT2D eigenvalue weighted by atomic mass is 9.82. The van der Waals surface area contributed by atoms with Crippen molar-refractivity contribution in [1.29, 1.82) is 0 Å². The van der Waals surface area contributed by atoms with E-state index in [1.807, 2.05) is 0 Å². The predicted octanol–water partition coefficient (Wildman–Crippen LogP) is 10.7. The molecule has 0 saturated carbocycles. The third-order valence-corrected chi connectivity index (χ3v) is 10.8. The monoisotopic (exact) mass is 575 g/mol. The van der Waals surface area contributed by atoms with Gasteiger partial charge in [-0.1, -0.05) is 115 Å². The molecule has 1 aliphatic heterocycles. The molecule has 1 nitrogen and oxygen atoms in total. The highest BCUT2D eigenvalue weighted by Crippen LogP contribution is 2.45. The molecule has 8 rings (SSSR count). The van der Waals surface area contributed by atoms with Crippen LogP contribution in [0.3, 0.4) is 0 Å². The summed E-state index contributed by atoms with van der Waals surface area (Å²) in [5, 5.41) is 0. The summed E-state index contributed by atoms with van der Waals surface area (Å²) in [4.78, 5) is 2.73. The third-order valence-electron chi connectivity index (χ3n) is 10.8. The van der Waals surface area contributed by atoms with Gasteiger partial charge in [0.15, 0.2) is 0 Å². The summed E-state index contributed by atoms with van der Waals surface area (Å²) in [6, 6.07) is 0.899. The van der Waals surface area contributed by atoms with E-state index in [1.54, 1.807) is 22.3 Å². The van der Waals surface area contributed by atoms with Gasteiger partial charge in [-0.2, -0.15) is 0 Å². The first-order valence-corrected chi connectivity index (χ1v) is 17.3. The van der Waals surface area contributed by atoms with Gasteiger partial charge in [-0.05, 0) is 116 Å². The normalized spacial score (nSPS) is 30.6. The molecule has 0 radical (unpaired) electrons. The van der Waals surface area contributed by atoms with Crippen LogP contribution in [0.15, 0.2) is 166 Å². The van der Waals surface area contributed by atoms with E-state index in [0.717, 1.165) is 25.7 Å². The molecule has 0 bridgehead atoms. The fraction of sp³-hybridized carbons (Fsp3) is 0.349. The first-order chi connectivity index (χ1) is 21.8. The van der Waals surface area contributed by atoms with Crippen LogP contribution in [0.4, 0.5) is 0 Å². The summed E-state index contributed by atoms with van der Waals surface area (Å²) < 4.78 is 0. The van der Waals surface area contributed by atoms with Crippen LogP contribution >= 0.6 is 0 Å². The summed E-state index contributed by atoms with van der Waals surface area (Å²) in [7, 11) is 0. The van der Waals surface area contributed by atoms with Crippen LogP contribution < -0.4 is 0 Å². The van der Waals surface area contributed by atoms with Crippen LogP contribution in [0.2, 0.25) is 0 Å². The zero-order chi connectivity index (χ0) is 29.3. The summed E-state index contributed by atoms with van der Waals surface area (Å²) in [5.74, 6) is 1.03. The SMILES string of the molecule is C1=CC2C3=C(C=CCC3)N(C3C=C(C4C=CC(CC5=CC=C(C6=CC(C7=CCCC=C7)=CCC6)CC5)=CC4)C=CC3)C2C=C1. The number of rotatable bonds is 6. The van der Waals surface area contributed by atoms with Crippen molar-refractivity contribution in [3.63, 3.8) is 0 Å². The van der Waals surface area contributed by atoms with Crippen molar-refractivity contribution in [2.24, 2.45) is 11.8 Å². The van der Waals surface area contributed by atoms with E-state index in [9.17, 15) is 0 Å². The Hall–Kier alpha value is -3.84. The Morgan fingerprint density at radius 3 is 2.48 bits per heavy atom. The molecule has 1 heteroatoms. The van der Waals surface area contributed by atoms with Crippen molar-refractivity contribution in [2.75, 3.05) is 0 Å². The average Bonchev–Trinajstić information content (AvgIpc) is 3.44. The molecule has 1 heterocycles. The van der Waals surface area contributed by atoms with Crippen LogP contribution in [-0.2, 0) is 0 Å². The molecule has 0 spiro atoms. The van der Waals surface area contributed by atoms with Crippen molar-refractivity contribution in [3.05, 3.63) is 166 Å². The maximum atomic E-state index is 2.73. The lowest BCUT2D eigenvalue weighted by molar-refractivity contribution is 0.255. The molecule has 0 N–H and O–H groups in total. The average molecular weight is 576 g/mol. The topological polar surface area (TPSA) is 3.24 Å². The van der Waals surface area contributed by atoms with Crippen LogP contribution in [0.1, 0.15) is 70.6 Å². The van der Waals surface area contributed by atoms with Crippen LogP contribution in [0.5, 0.6) is 0 Å². The molecule has 44 heavy (non-hydrogen) atoms. The second kappa shape index (κ2) is 12.3. The molecule has 0 aromatic heterocycles. The first-order valence-electron chi connectivity index (χ1n) is 17.3. The largest absolute Gasteiger partial charge is 0.357 e. The van der Waals surface area contributed by atoms with Gasteiger partial charge in [-0.25, -0.2) is 0 Å². The Morgan fingerprint density at radius 1 is 0.682 bits per heavy atom. The second-order valence-corrected chi connectivity index (χ2v) is 13.6. The van der Waals surface area contributed by atoms with Crippen LogP contribution in [0, 0.1) is 11.8 Å². The predicted molar refractivity (Wildman–Crippen MR) is 186 cm³/mol. The summed E-state index contributed by atoms with van der Waals surface area (Å²) in [6.07, 6.45) is 58.5. The Kier molecular flexibility index (Phi) is 7.72. The fourth-order valence-electron chi connectivity index (χ4n) is 8.52. The molecule has 222 valence electrons. The van der Waals surface area contributed by atoms with Gasteiger partial charge in [0.05, 0.1) is 12.1 Å². The maximum absolute atomic E-state index is 2.73. The molecule has 0 saturated heterocycles. The molecule has 0 aromatic rings. The highest BCUT2D eigenvalue weighted by molar-refractivity contribution is 5.54. The zero-order valence-electron chi connectivity index (χ0n) is 26.0. The van der Waals surface area contributed by atoms with Crippen LogP contribution in [-0.4, -0.2) is 17.0 Å². The van der Waals surface area contributed by atoms with Gasteiger partial charge in [0, 0.05) is 17.5 Å². The number of hydrogen-bond donors (Lipinski definition) is 0. The van der Waals surface area contributed by atoms with E-state index in [0.29, 0.717) is 23.9 Å². The van der Waals surface area contributed by atoms with E-state index >= 15 is 0 Å². The first kappa shape index (κ1) is 27.7. The third kappa shape index (κ3) is 5.47. The Balaban J connectivity index is 0.917. The number of nitrogens with zero attached hydrogens (tertiary/aromatic N) is 1. The molecule has 4 unspecified atom stereocenters. The zero-order valence-corrected chi connectivity index (χ0v) is 26.0. The molecule has 0 amide bonds. The molecule has 7 aliphatic carbocycles. The van der Waals surface area contributed by atoms with Gasteiger partial charge in [0.25, 0.3) is 0 Å². The molecule has 8 aliphatic rings. The Bertz CT molecular complexity index is 1640. The van der Waals surface area contributed by atoms with Crippen LogP contribution in [0.25, 0.3) is 0 Å². The van der Waals surface area contributed by atoms with E-state index in [1.165, 1.54) is 72.9 Å². The van der Waals surface area contributed by atoms with Gasteiger partial charge < -0.3 is 4.90 Å². The van der Waals surface area contributed by atoms with Crippen molar-refractivity contribution in [2.45, 2.75) is 82.7 Å². The molecule has 0 aromatic carbocycles. The molecule has 4 atom stereocenters. The van der Waals surface area contributed by atoms with E-state index in [2.05, 4.69) is 120 Å². The minimum Gasteiger partial charge on any atom is -0.357 e. The van der Waals surface area contributed by atoms with E-state index in [4.69, 9.17) is 0 Å². The van der Waals surface area contributed by atoms with Gasteiger partial charge >= 0.3 is 0 Å². The standard InChI is InChI=1S/C43H45N/c1-2-10-33(11-3-1)36-12-8-13-37(29-36)34-24-20-31(21-25-34)28-32-22-26-35(27-23-32)38-14-9-15-39(30-38)44-42-18-6-4-16-40(42)41-17-5-7-19-43(41)44/h2,4,6-7,9-12,14,16,18-20,22-24,26,29-30,35,39-40,42H,1,3,5,8,13,15,17,21,25,27-28H2. The maximum Gasteiger partial charge on any atom is 0.0583 e. The molecular weight excluding hydrogens is 530 g/mol. The summed E-state index contributed by atoms with van der Waals surface area (Å²) in [6.45, 7) is 0. The van der Waals surface area contributed by atoms with Gasteiger partial charge in [-0.3, -0.25) is 0 Å². The Labute approximate surface area is 264 Å². The lowest BCUT2D eigenvalue weighted by Crippen LogP contribution is -2.40. The molecular formula is C43H45N. The molecule has 0 fully saturated rings. The Morgan fingerprint density at radius 2 is 1.61 bits per heavy atom. The number of allylic oxidation sites excluding steroid dienone is 22. The quantitative estimate of drug-likeness (QED) is 0.304. The van der Waals surface area contributed by atoms with Gasteiger partial charge in [0.2, 0.25) is 0 Å². The number of fused-ring (bicyclic) bond motifs is 2. The second-order valence-electron chi connectivity index (χ2n) is 13.6. The highest BCUT2D eigenvalue weighted by Gasteiger charge is 2.41. The minimum atomic E-state index is 0.433. The van der Waals surface area contributed by atoms with Crippen molar-refractivity contribution in [1.82, 2.24) is 4.90 Å². The lowest BCUT2D eigenvalue weighted by Gasteiger charge is -2.37. The highest BCUT2D eigenvalue weighted by atomic mass is 15.2. The minimum absolute atomic E-state index is 0.433. The smallest absolute Gasteiger partial charge is 0.0583 e. The van der Waals surface area contributed by atoms with Crippen molar-refractivity contribution < 1.29 is 0 Å². The number of hydrogen-bond acceptors (Lipinski definition) is 1. The van der Waals surface area contributed by atoms with Crippen molar-refractivity contribution in [3.8, 4) is 0 Å². The van der Waals surface area contributed by atoms with Gasteiger partial charge in [0.1, 0.15) is 0 Å². The van der Waals surface area contributed by atoms with E-state index in [-0.39, 0.29) is 0 Å². The fourth-order valence-corrected chi connectivity index (χ4v) is 8.52. The van der Waals surface area contributed by atoms with E-state index < -0.39 is 0 Å². The van der Waals surface area contributed by atoms with Gasteiger partial charge in [-0.15, -0.1) is 0 Å².